The van der Waals surface area contributed by atoms with Crippen LogP contribution in [0.5, 0.6) is 0 Å². The van der Waals surface area contributed by atoms with Crippen LogP contribution in [0.2, 0.25) is 0 Å². The quantitative estimate of drug-likeness (QED) is 0.475. The zero-order valence-corrected chi connectivity index (χ0v) is 15.8. The number of aliphatic imine (C=N–C) groups is 1. The van der Waals surface area contributed by atoms with Gasteiger partial charge in [-0.2, -0.15) is 5.10 Å². The molecule has 0 atom stereocenters. The summed E-state index contributed by atoms with van der Waals surface area (Å²) in [4.78, 5) is 6.64. The van der Waals surface area contributed by atoms with Crippen LogP contribution >= 0.6 is 24.0 Å². The van der Waals surface area contributed by atoms with Crippen LogP contribution in [0, 0.1) is 0 Å². The van der Waals surface area contributed by atoms with Crippen molar-refractivity contribution in [3.8, 4) is 0 Å². The van der Waals surface area contributed by atoms with E-state index in [4.69, 9.17) is 0 Å². The fraction of sp³-hybridized carbons (Fsp3) is 0.714. The second-order valence-corrected chi connectivity index (χ2v) is 5.05. The molecule has 0 amide bonds. The number of halogens is 1. The van der Waals surface area contributed by atoms with Crippen LogP contribution in [-0.4, -0.2) is 40.8 Å². The van der Waals surface area contributed by atoms with Crippen molar-refractivity contribution in [2.75, 3.05) is 20.1 Å². The Kier molecular flexibility index (Phi) is 8.84. The van der Waals surface area contributed by atoms with Gasteiger partial charge in [0.2, 0.25) is 0 Å². The molecular formula is C14H28IN5. The molecule has 0 aromatic carbocycles. The third kappa shape index (κ3) is 5.30. The van der Waals surface area contributed by atoms with Crippen molar-refractivity contribution in [1.29, 1.82) is 0 Å². The number of nitrogens with zero attached hydrogens (tertiary/aromatic N) is 4. The zero-order valence-electron chi connectivity index (χ0n) is 13.5. The fourth-order valence-electron chi connectivity index (χ4n) is 2.11. The predicted octanol–water partition coefficient (Wildman–Crippen LogP) is 2.58. The van der Waals surface area contributed by atoms with Crippen molar-refractivity contribution in [2.24, 2.45) is 12.0 Å². The lowest BCUT2D eigenvalue weighted by atomic mass is 10.1. The van der Waals surface area contributed by atoms with Crippen molar-refractivity contribution in [1.82, 2.24) is 20.0 Å². The summed E-state index contributed by atoms with van der Waals surface area (Å²) in [6.45, 7) is 11.0. The molecule has 0 saturated heterocycles. The average molecular weight is 393 g/mol. The first-order valence-electron chi connectivity index (χ1n) is 7.01. The third-order valence-electron chi connectivity index (χ3n) is 2.90. The van der Waals surface area contributed by atoms with Crippen molar-refractivity contribution < 1.29 is 0 Å². The SMILES string of the molecule is CCN=C(NCC)N(C)Cc1cn(C)nc1C(C)C.I. The molecule has 0 unspecified atom stereocenters. The Morgan fingerprint density at radius 2 is 2.10 bits per heavy atom. The van der Waals surface area contributed by atoms with Gasteiger partial charge >= 0.3 is 0 Å². The highest BCUT2D eigenvalue weighted by Crippen LogP contribution is 2.18. The maximum atomic E-state index is 4.54. The summed E-state index contributed by atoms with van der Waals surface area (Å²) in [6.07, 6.45) is 2.10. The van der Waals surface area contributed by atoms with Crippen LogP contribution in [-0.2, 0) is 13.6 Å². The molecule has 0 aliphatic heterocycles. The number of aromatic nitrogens is 2. The highest BCUT2D eigenvalue weighted by atomic mass is 127. The van der Waals surface area contributed by atoms with Crippen LogP contribution in [0.4, 0.5) is 0 Å². The standard InChI is InChI=1S/C14H27N5.HI/c1-7-15-14(16-8-2)18(5)9-12-10-19(6)17-13(12)11(3)4;/h10-11H,7-9H2,1-6H3,(H,15,16);1H. The Bertz CT molecular complexity index is 425. The van der Waals surface area contributed by atoms with Gasteiger partial charge in [-0.15, -0.1) is 24.0 Å². The molecule has 20 heavy (non-hydrogen) atoms. The summed E-state index contributed by atoms with van der Waals surface area (Å²) in [6, 6.07) is 0. The van der Waals surface area contributed by atoms with E-state index in [0.29, 0.717) is 5.92 Å². The van der Waals surface area contributed by atoms with E-state index in [0.717, 1.165) is 25.6 Å². The Labute approximate surface area is 139 Å². The Morgan fingerprint density at radius 3 is 2.60 bits per heavy atom. The molecule has 0 aliphatic rings. The molecule has 5 nitrogen and oxygen atoms in total. The lowest BCUT2D eigenvalue weighted by Crippen LogP contribution is -2.38. The second kappa shape index (κ2) is 9.20. The maximum Gasteiger partial charge on any atom is 0.193 e. The summed E-state index contributed by atoms with van der Waals surface area (Å²) in [7, 11) is 4.04. The monoisotopic (exact) mass is 393 g/mol. The Hall–Kier alpha value is -0.790. The van der Waals surface area contributed by atoms with Crippen molar-refractivity contribution in [3.63, 3.8) is 0 Å². The van der Waals surface area contributed by atoms with Gasteiger partial charge in [0.05, 0.1) is 5.69 Å². The minimum atomic E-state index is 0. The molecule has 0 spiro atoms. The first-order chi connectivity index (χ1) is 8.99. The zero-order chi connectivity index (χ0) is 14.4. The van der Waals surface area contributed by atoms with E-state index in [2.05, 4.69) is 61.2 Å². The number of guanidine groups is 1. The number of rotatable bonds is 5. The van der Waals surface area contributed by atoms with Crippen molar-refractivity contribution in [3.05, 3.63) is 17.5 Å². The van der Waals surface area contributed by atoms with E-state index in [-0.39, 0.29) is 24.0 Å². The molecule has 1 aromatic rings. The average Bonchev–Trinajstić information content (AvgIpc) is 2.70. The van der Waals surface area contributed by atoms with Crippen LogP contribution in [0.1, 0.15) is 44.9 Å². The van der Waals surface area contributed by atoms with Crippen molar-refractivity contribution in [2.45, 2.75) is 40.2 Å². The van der Waals surface area contributed by atoms with Crippen LogP contribution in [0.3, 0.4) is 0 Å². The lowest BCUT2D eigenvalue weighted by molar-refractivity contribution is 0.474. The molecule has 1 N–H and O–H groups in total. The molecule has 0 radical (unpaired) electrons. The summed E-state index contributed by atoms with van der Waals surface area (Å²) in [5.41, 5.74) is 2.43. The van der Waals surface area contributed by atoms with Crippen LogP contribution < -0.4 is 5.32 Å². The van der Waals surface area contributed by atoms with E-state index >= 15 is 0 Å². The number of aryl methyl sites for hydroxylation is 1. The van der Waals surface area contributed by atoms with Crippen molar-refractivity contribution >= 4 is 29.9 Å². The maximum absolute atomic E-state index is 4.54. The summed E-state index contributed by atoms with van der Waals surface area (Å²) < 4.78 is 1.89. The van der Waals surface area contributed by atoms with Gasteiger partial charge in [-0.25, -0.2) is 0 Å². The van der Waals surface area contributed by atoms with Gasteiger partial charge in [0.1, 0.15) is 0 Å². The van der Waals surface area contributed by atoms with Crippen LogP contribution in [0.25, 0.3) is 0 Å². The minimum Gasteiger partial charge on any atom is -0.357 e. The molecule has 1 heterocycles. The van der Waals surface area contributed by atoms with Gasteiger partial charge in [-0.1, -0.05) is 13.8 Å². The van der Waals surface area contributed by atoms with E-state index in [9.17, 15) is 0 Å². The van der Waals surface area contributed by atoms with Gasteiger partial charge in [0.15, 0.2) is 5.96 Å². The molecule has 116 valence electrons. The highest BCUT2D eigenvalue weighted by Gasteiger charge is 2.14. The number of hydrogen-bond donors (Lipinski definition) is 1. The Balaban J connectivity index is 0.00000361. The highest BCUT2D eigenvalue weighted by molar-refractivity contribution is 14.0. The molecule has 1 rings (SSSR count). The normalized spacial score (nSPS) is 11.4. The topological polar surface area (TPSA) is 45.5 Å². The third-order valence-corrected chi connectivity index (χ3v) is 2.90. The summed E-state index contributed by atoms with van der Waals surface area (Å²) >= 11 is 0. The molecule has 1 aromatic heterocycles. The molecule has 0 aliphatic carbocycles. The molecule has 0 bridgehead atoms. The molecule has 6 heteroatoms. The van der Waals surface area contributed by atoms with E-state index in [1.807, 2.05) is 11.7 Å². The van der Waals surface area contributed by atoms with Gasteiger partial charge in [0.25, 0.3) is 0 Å². The van der Waals surface area contributed by atoms with Crippen LogP contribution in [0.15, 0.2) is 11.2 Å². The minimum absolute atomic E-state index is 0. The lowest BCUT2D eigenvalue weighted by Gasteiger charge is -2.22. The van der Waals surface area contributed by atoms with Gasteiger partial charge in [0, 0.05) is 45.5 Å². The molecule has 0 fully saturated rings. The summed E-state index contributed by atoms with van der Waals surface area (Å²) in [5.74, 6) is 1.39. The summed E-state index contributed by atoms with van der Waals surface area (Å²) in [5, 5.41) is 7.85. The molecular weight excluding hydrogens is 365 g/mol. The van der Waals surface area contributed by atoms with E-state index in [1.165, 1.54) is 11.3 Å². The Morgan fingerprint density at radius 1 is 1.45 bits per heavy atom. The second-order valence-electron chi connectivity index (χ2n) is 5.05. The number of nitrogens with one attached hydrogen (secondary N) is 1. The predicted molar refractivity (Wildman–Crippen MR) is 95.8 cm³/mol. The largest absolute Gasteiger partial charge is 0.357 e. The molecule has 0 saturated carbocycles. The smallest absolute Gasteiger partial charge is 0.193 e. The van der Waals surface area contributed by atoms with E-state index < -0.39 is 0 Å². The number of hydrogen-bond acceptors (Lipinski definition) is 2. The van der Waals surface area contributed by atoms with Gasteiger partial charge in [-0.3, -0.25) is 9.67 Å². The fourth-order valence-corrected chi connectivity index (χ4v) is 2.11. The first kappa shape index (κ1) is 19.2. The van der Waals surface area contributed by atoms with Gasteiger partial charge < -0.3 is 10.2 Å². The van der Waals surface area contributed by atoms with E-state index in [1.54, 1.807) is 0 Å². The first-order valence-corrected chi connectivity index (χ1v) is 7.01. The van der Waals surface area contributed by atoms with Gasteiger partial charge in [-0.05, 0) is 19.8 Å².